The monoisotopic (exact) mass is 204 g/mol. The van der Waals surface area contributed by atoms with Crippen LogP contribution < -0.4 is 21.0 Å². The van der Waals surface area contributed by atoms with Gasteiger partial charge in [-0.2, -0.15) is 0 Å². The zero-order chi connectivity index (χ0) is 10.8. The first-order valence-electron chi connectivity index (χ1n) is 5.21. The average molecular weight is 204 g/mol. The Morgan fingerprint density at radius 2 is 2.27 bits per heavy atom. The molecule has 1 aromatic rings. The lowest BCUT2D eigenvalue weighted by atomic mass is 10.0. The highest BCUT2D eigenvalue weighted by atomic mass is 16.5. The SMILES string of the molecule is COc1ccc2c(c1)=C(CCN)[C@H](C)N=2. The summed E-state index contributed by atoms with van der Waals surface area (Å²) in [5.74, 6) is 0.882. The second kappa shape index (κ2) is 4.03. The third-order valence-electron chi connectivity index (χ3n) is 2.80. The Kier molecular flexibility index (Phi) is 2.73. The Morgan fingerprint density at radius 3 is 2.93 bits per heavy atom. The van der Waals surface area contributed by atoms with Crippen LogP contribution in [0.1, 0.15) is 13.3 Å². The summed E-state index contributed by atoms with van der Waals surface area (Å²) in [6, 6.07) is 6.26. The molecule has 0 fully saturated rings. The van der Waals surface area contributed by atoms with E-state index < -0.39 is 0 Å². The third kappa shape index (κ3) is 1.75. The van der Waals surface area contributed by atoms with Crippen LogP contribution in [0.25, 0.3) is 5.57 Å². The van der Waals surface area contributed by atoms with Crippen LogP contribution in [0.5, 0.6) is 5.75 Å². The molecule has 0 aromatic heterocycles. The van der Waals surface area contributed by atoms with Gasteiger partial charge in [-0.05, 0) is 43.7 Å². The van der Waals surface area contributed by atoms with Crippen LogP contribution in [-0.2, 0) is 0 Å². The van der Waals surface area contributed by atoms with E-state index in [9.17, 15) is 0 Å². The van der Waals surface area contributed by atoms with Gasteiger partial charge < -0.3 is 10.5 Å². The minimum absolute atomic E-state index is 0.260. The Bertz CT molecular complexity index is 479. The largest absolute Gasteiger partial charge is 0.497 e. The van der Waals surface area contributed by atoms with Crippen LogP contribution in [-0.4, -0.2) is 19.7 Å². The van der Waals surface area contributed by atoms with Gasteiger partial charge in [-0.15, -0.1) is 0 Å². The number of hydrogen-bond donors (Lipinski definition) is 1. The maximum absolute atomic E-state index is 5.60. The van der Waals surface area contributed by atoms with Crippen molar-refractivity contribution in [3.8, 4) is 5.75 Å². The molecule has 3 nitrogen and oxygen atoms in total. The van der Waals surface area contributed by atoms with Gasteiger partial charge in [0.25, 0.3) is 0 Å². The van der Waals surface area contributed by atoms with Gasteiger partial charge >= 0.3 is 0 Å². The number of benzene rings is 1. The highest BCUT2D eigenvalue weighted by Gasteiger charge is 2.14. The second-order valence-corrected chi connectivity index (χ2v) is 3.75. The number of methoxy groups -OCH3 is 1. The van der Waals surface area contributed by atoms with Crippen molar-refractivity contribution >= 4 is 5.57 Å². The van der Waals surface area contributed by atoms with Gasteiger partial charge in [0.15, 0.2) is 0 Å². The fraction of sp³-hybridized carbons (Fsp3) is 0.417. The Balaban J connectivity index is 2.61. The quantitative estimate of drug-likeness (QED) is 0.765. The van der Waals surface area contributed by atoms with E-state index in [1.54, 1.807) is 7.11 Å². The number of nitrogens with two attached hydrogens (primary N) is 1. The molecule has 1 heterocycles. The maximum atomic E-state index is 5.60. The maximum Gasteiger partial charge on any atom is 0.119 e. The standard InChI is InChI=1S/C12H16N2O/c1-8-10(5-6-13)11-7-9(15-2)3-4-12(11)14-8/h3-4,7-8H,5-6,13H2,1-2H3/t8-/m0/s1. The molecule has 3 heteroatoms. The highest BCUT2D eigenvalue weighted by Crippen LogP contribution is 2.13. The predicted molar refractivity (Wildman–Crippen MR) is 60.3 cm³/mol. The molecule has 0 spiro atoms. The summed E-state index contributed by atoms with van der Waals surface area (Å²) in [5, 5.41) is 2.26. The minimum Gasteiger partial charge on any atom is -0.497 e. The molecule has 0 radical (unpaired) electrons. The molecular weight excluding hydrogens is 188 g/mol. The summed E-state index contributed by atoms with van der Waals surface area (Å²) in [6.45, 7) is 2.78. The number of hydrogen-bond acceptors (Lipinski definition) is 3. The van der Waals surface area contributed by atoms with Crippen LogP contribution in [0.15, 0.2) is 23.2 Å². The molecule has 0 aliphatic carbocycles. The van der Waals surface area contributed by atoms with Gasteiger partial charge in [0.05, 0.1) is 18.5 Å². The van der Waals surface area contributed by atoms with E-state index in [4.69, 9.17) is 10.5 Å². The smallest absolute Gasteiger partial charge is 0.119 e. The molecule has 1 aliphatic rings. The van der Waals surface area contributed by atoms with E-state index in [-0.39, 0.29) is 6.04 Å². The van der Waals surface area contributed by atoms with Crippen LogP contribution in [0.2, 0.25) is 0 Å². The fourth-order valence-corrected chi connectivity index (χ4v) is 2.02. The molecule has 2 rings (SSSR count). The molecule has 1 atom stereocenters. The van der Waals surface area contributed by atoms with E-state index in [0.29, 0.717) is 6.54 Å². The summed E-state index contributed by atoms with van der Waals surface area (Å²) < 4.78 is 5.21. The van der Waals surface area contributed by atoms with Crippen molar-refractivity contribution < 1.29 is 4.74 Å². The zero-order valence-electron chi connectivity index (χ0n) is 9.16. The Labute approximate surface area is 89.3 Å². The van der Waals surface area contributed by atoms with Crippen molar-refractivity contribution in [2.45, 2.75) is 19.4 Å². The predicted octanol–water partition coefficient (Wildman–Crippen LogP) is 0.216. The molecule has 0 bridgehead atoms. The number of ether oxygens (including phenoxy) is 1. The van der Waals surface area contributed by atoms with Crippen LogP contribution in [0.4, 0.5) is 0 Å². The molecule has 0 saturated heterocycles. The first kappa shape index (κ1) is 10.2. The van der Waals surface area contributed by atoms with Crippen molar-refractivity contribution in [3.05, 3.63) is 28.8 Å². The van der Waals surface area contributed by atoms with Crippen molar-refractivity contribution in [1.29, 1.82) is 0 Å². The third-order valence-corrected chi connectivity index (χ3v) is 2.80. The molecule has 80 valence electrons. The number of fused-ring (bicyclic) bond motifs is 1. The van der Waals surface area contributed by atoms with E-state index in [2.05, 4.69) is 11.9 Å². The van der Waals surface area contributed by atoms with Crippen molar-refractivity contribution in [2.75, 3.05) is 13.7 Å². The van der Waals surface area contributed by atoms with Gasteiger partial charge in [-0.25, -0.2) is 0 Å². The topological polar surface area (TPSA) is 47.6 Å². The summed E-state index contributed by atoms with van der Waals surface area (Å²) in [4.78, 5) is 4.58. The highest BCUT2D eigenvalue weighted by molar-refractivity contribution is 5.53. The van der Waals surface area contributed by atoms with E-state index in [1.807, 2.05) is 18.2 Å². The molecular formula is C12H16N2O. The lowest BCUT2D eigenvalue weighted by Gasteiger charge is -2.05. The molecule has 0 amide bonds. The van der Waals surface area contributed by atoms with Crippen LogP contribution in [0.3, 0.4) is 0 Å². The Morgan fingerprint density at radius 1 is 1.47 bits per heavy atom. The lowest BCUT2D eigenvalue weighted by Crippen LogP contribution is -2.23. The normalized spacial score (nSPS) is 18.6. The molecule has 2 N–H and O–H groups in total. The van der Waals surface area contributed by atoms with Crippen LogP contribution >= 0.6 is 0 Å². The van der Waals surface area contributed by atoms with E-state index >= 15 is 0 Å². The van der Waals surface area contributed by atoms with Crippen molar-refractivity contribution in [3.63, 3.8) is 0 Å². The first-order chi connectivity index (χ1) is 7.26. The lowest BCUT2D eigenvalue weighted by molar-refractivity contribution is 0.414. The summed E-state index contributed by atoms with van der Waals surface area (Å²) >= 11 is 0. The number of rotatable bonds is 3. The fourth-order valence-electron chi connectivity index (χ4n) is 2.02. The Hall–Kier alpha value is -1.35. The van der Waals surface area contributed by atoms with Gasteiger partial charge in [-0.1, -0.05) is 0 Å². The van der Waals surface area contributed by atoms with Gasteiger partial charge in [0.2, 0.25) is 0 Å². The molecule has 0 saturated carbocycles. The van der Waals surface area contributed by atoms with E-state index in [0.717, 1.165) is 17.5 Å². The minimum atomic E-state index is 0.260. The molecule has 1 aliphatic heterocycles. The molecule has 15 heavy (non-hydrogen) atoms. The summed E-state index contributed by atoms with van der Waals surface area (Å²) in [6.07, 6.45) is 0.908. The second-order valence-electron chi connectivity index (χ2n) is 3.75. The van der Waals surface area contributed by atoms with Crippen molar-refractivity contribution in [1.82, 2.24) is 0 Å². The van der Waals surface area contributed by atoms with Gasteiger partial charge in [-0.3, -0.25) is 4.99 Å². The van der Waals surface area contributed by atoms with E-state index in [1.165, 1.54) is 10.8 Å². The van der Waals surface area contributed by atoms with Gasteiger partial charge in [0, 0.05) is 5.22 Å². The van der Waals surface area contributed by atoms with Crippen molar-refractivity contribution in [2.24, 2.45) is 10.7 Å². The molecule has 1 aromatic carbocycles. The zero-order valence-corrected chi connectivity index (χ0v) is 9.16. The average Bonchev–Trinajstić information content (AvgIpc) is 2.55. The number of nitrogens with zero attached hydrogens (tertiary/aromatic N) is 1. The molecule has 0 unspecified atom stereocenters. The summed E-state index contributed by atoms with van der Waals surface area (Å²) in [7, 11) is 1.68. The first-order valence-corrected chi connectivity index (χ1v) is 5.21. The summed E-state index contributed by atoms with van der Waals surface area (Å²) in [5.41, 5.74) is 6.93. The van der Waals surface area contributed by atoms with Gasteiger partial charge in [0.1, 0.15) is 5.75 Å². The van der Waals surface area contributed by atoms with Crippen LogP contribution in [0, 0.1) is 0 Å².